The molecule has 0 unspecified atom stereocenters. The Morgan fingerprint density at radius 3 is 2.52 bits per heavy atom. The van der Waals surface area contributed by atoms with Crippen molar-refractivity contribution in [3.8, 4) is 0 Å². The summed E-state index contributed by atoms with van der Waals surface area (Å²) in [5, 5.41) is 7.57. The summed E-state index contributed by atoms with van der Waals surface area (Å²) < 4.78 is 1.55. The van der Waals surface area contributed by atoms with E-state index >= 15 is 0 Å². The number of para-hydroxylation sites is 1. The predicted molar refractivity (Wildman–Crippen MR) is 114 cm³/mol. The quantitative estimate of drug-likeness (QED) is 0.718. The van der Waals surface area contributed by atoms with Gasteiger partial charge in [-0.15, -0.1) is 0 Å². The average molecular weight is 391 g/mol. The highest BCUT2D eigenvalue weighted by atomic mass is 16.2. The van der Waals surface area contributed by atoms with Gasteiger partial charge in [0.05, 0.1) is 11.7 Å². The van der Waals surface area contributed by atoms with E-state index in [9.17, 15) is 9.59 Å². The Morgan fingerprint density at radius 1 is 1.03 bits per heavy atom. The molecule has 1 amide bonds. The van der Waals surface area contributed by atoms with Gasteiger partial charge in [-0.2, -0.15) is 5.10 Å². The van der Waals surface area contributed by atoms with Gasteiger partial charge >= 0.3 is 0 Å². The van der Waals surface area contributed by atoms with E-state index in [0.29, 0.717) is 10.9 Å². The molecule has 1 fully saturated rings. The number of hydrogen-bond donors (Lipinski definition) is 1. The minimum atomic E-state index is -0.182. The zero-order chi connectivity index (χ0) is 20.2. The molecule has 0 saturated carbocycles. The van der Waals surface area contributed by atoms with Crippen LogP contribution in [0.15, 0.2) is 59.5 Å². The molecule has 0 aliphatic carbocycles. The molecule has 1 saturated heterocycles. The Bertz CT molecular complexity index is 1050. The number of hydrogen-bond acceptors (Lipinski definition) is 5. The average Bonchev–Trinajstić information content (AvgIpc) is 2.73. The van der Waals surface area contributed by atoms with Gasteiger partial charge in [-0.1, -0.05) is 24.3 Å². The molecule has 7 nitrogen and oxygen atoms in total. The number of carbonyl (C=O) groups excluding carboxylic acids is 1. The van der Waals surface area contributed by atoms with Gasteiger partial charge in [0.1, 0.15) is 6.54 Å². The minimum Gasteiger partial charge on any atom is -0.324 e. The van der Waals surface area contributed by atoms with Crippen LogP contribution < -0.4 is 10.7 Å². The SMILES string of the molecule is CN1CCN(Cc2ccc(NC(=O)Cn3ncc(=O)c4ccccc43)cc2)CC1. The Balaban J connectivity index is 1.38. The maximum atomic E-state index is 12.5. The van der Waals surface area contributed by atoms with E-state index < -0.39 is 0 Å². The first-order valence-electron chi connectivity index (χ1n) is 9.83. The lowest BCUT2D eigenvalue weighted by atomic mass is 10.2. The van der Waals surface area contributed by atoms with Crippen molar-refractivity contribution in [3.63, 3.8) is 0 Å². The molecule has 3 aromatic rings. The van der Waals surface area contributed by atoms with E-state index in [0.717, 1.165) is 38.4 Å². The topological polar surface area (TPSA) is 70.5 Å². The molecule has 29 heavy (non-hydrogen) atoms. The molecule has 2 heterocycles. The van der Waals surface area contributed by atoms with Crippen LogP contribution in [0.3, 0.4) is 0 Å². The standard InChI is InChI=1S/C22H25N5O2/c1-25-10-12-26(13-11-25)15-17-6-8-18(9-7-17)24-22(29)16-27-20-5-3-2-4-19(20)21(28)14-23-27/h2-9,14H,10-13,15-16H2,1H3,(H,24,29). The molecule has 4 rings (SSSR count). The number of carbonyl (C=O) groups is 1. The lowest BCUT2D eigenvalue weighted by molar-refractivity contribution is -0.116. The number of amides is 1. The highest BCUT2D eigenvalue weighted by Gasteiger charge is 2.14. The fourth-order valence-corrected chi connectivity index (χ4v) is 3.58. The molecule has 1 aliphatic heterocycles. The van der Waals surface area contributed by atoms with Crippen LogP contribution in [0.1, 0.15) is 5.56 Å². The van der Waals surface area contributed by atoms with Gasteiger partial charge < -0.3 is 10.2 Å². The first-order valence-corrected chi connectivity index (χ1v) is 9.83. The van der Waals surface area contributed by atoms with Gasteiger partial charge in [-0.05, 0) is 36.9 Å². The Labute approximate surface area is 169 Å². The highest BCUT2D eigenvalue weighted by Crippen LogP contribution is 2.13. The van der Waals surface area contributed by atoms with E-state index in [1.807, 2.05) is 18.2 Å². The number of benzene rings is 2. The van der Waals surface area contributed by atoms with Gasteiger partial charge in [0.15, 0.2) is 0 Å². The summed E-state index contributed by atoms with van der Waals surface area (Å²) in [7, 11) is 2.15. The van der Waals surface area contributed by atoms with Crippen LogP contribution in [0.25, 0.3) is 10.9 Å². The highest BCUT2D eigenvalue weighted by molar-refractivity contribution is 5.91. The van der Waals surface area contributed by atoms with Crippen LogP contribution in [0.4, 0.5) is 5.69 Å². The zero-order valence-corrected chi connectivity index (χ0v) is 16.5. The van der Waals surface area contributed by atoms with E-state index in [-0.39, 0.29) is 17.9 Å². The predicted octanol–water partition coefficient (Wildman–Crippen LogP) is 1.78. The van der Waals surface area contributed by atoms with E-state index in [1.54, 1.807) is 22.9 Å². The first kappa shape index (κ1) is 19.3. The Morgan fingerprint density at radius 2 is 1.76 bits per heavy atom. The third-order valence-electron chi connectivity index (χ3n) is 5.30. The van der Waals surface area contributed by atoms with Gasteiger partial charge in [0.2, 0.25) is 11.3 Å². The van der Waals surface area contributed by atoms with Crippen molar-refractivity contribution in [1.82, 2.24) is 19.6 Å². The van der Waals surface area contributed by atoms with E-state index in [4.69, 9.17) is 0 Å². The Kier molecular flexibility index (Phi) is 5.69. The molecule has 1 N–H and O–H groups in total. The van der Waals surface area contributed by atoms with Crippen LogP contribution in [-0.4, -0.2) is 58.7 Å². The number of aromatic nitrogens is 2. The fourth-order valence-electron chi connectivity index (χ4n) is 3.58. The summed E-state index contributed by atoms with van der Waals surface area (Å²) in [6.07, 6.45) is 1.25. The smallest absolute Gasteiger partial charge is 0.246 e. The first-order chi connectivity index (χ1) is 14.1. The second-order valence-corrected chi connectivity index (χ2v) is 7.51. The number of fused-ring (bicyclic) bond motifs is 1. The number of nitrogens with one attached hydrogen (secondary N) is 1. The Hall–Kier alpha value is -3.03. The molecule has 0 spiro atoms. The second-order valence-electron chi connectivity index (χ2n) is 7.51. The summed E-state index contributed by atoms with van der Waals surface area (Å²) >= 11 is 0. The van der Waals surface area contributed by atoms with Crippen molar-refractivity contribution >= 4 is 22.5 Å². The van der Waals surface area contributed by atoms with Crippen molar-refractivity contribution in [2.24, 2.45) is 0 Å². The third-order valence-corrected chi connectivity index (χ3v) is 5.30. The van der Waals surface area contributed by atoms with Crippen molar-refractivity contribution in [2.45, 2.75) is 13.1 Å². The maximum Gasteiger partial charge on any atom is 0.246 e. The van der Waals surface area contributed by atoms with Gasteiger partial charge in [0.25, 0.3) is 0 Å². The van der Waals surface area contributed by atoms with Gasteiger partial charge in [-0.25, -0.2) is 0 Å². The van der Waals surface area contributed by atoms with Crippen molar-refractivity contribution < 1.29 is 4.79 Å². The lowest BCUT2D eigenvalue weighted by Gasteiger charge is -2.32. The monoisotopic (exact) mass is 391 g/mol. The van der Waals surface area contributed by atoms with E-state index in [1.165, 1.54) is 11.8 Å². The molecule has 1 aromatic heterocycles. The molecule has 7 heteroatoms. The van der Waals surface area contributed by atoms with Crippen LogP contribution in [0, 0.1) is 0 Å². The molecule has 0 bridgehead atoms. The normalized spacial score (nSPS) is 15.5. The molecule has 0 atom stereocenters. The second kappa shape index (κ2) is 8.55. The van der Waals surface area contributed by atoms with Gasteiger partial charge in [-0.3, -0.25) is 19.2 Å². The summed E-state index contributed by atoms with van der Waals surface area (Å²) in [4.78, 5) is 29.2. The summed E-state index contributed by atoms with van der Waals surface area (Å²) in [6, 6.07) is 15.1. The molecule has 1 aliphatic rings. The summed E-state index contributed by atoms with van der Waals surface area (Å²) in [5.74, 6) is -0.182. The molecule has 2 aromatic carbocycles. The molecule has 150 valence electrons. The zero-order valence-electron chi connectivity index (χ0n) is 16.5. The van der Waals surface area contributed by atoms with Crippen LogP contribution in [-0.2, 0) is 17.9 Å². The molecular formula is C22H25N5O2. The van der Waals surface area contributed by atoms with Gasteiger partial charge in [0, 0.05) is 43.8 Å². The maximum absolute atomic E-state index is 12.5. The van der Waals surface area contributed by atoms with Crippen molar-refractivity contribution in [2.75, 3.05) is 38.5 Å². The summed E-state index contributed by atoms with van der Waals surface area (Å²) in [5.41, 5.74) is 2.49. The lowest BCUT2D eigenvalue weighted by Crippen LogP contribution is -2.43. The number of rotatable bonds is 5. The van der Waals surface area contributed by atoms with Crippen molar-refractivity contribution in [3.05, 3.63) is 70.5 Å². The number of anilines is 1. The third kappa shape index (κ3) is 4.70. The number of likely N-dealkylation sites (N-methyl/N-ethyl adjacent to an activating group) is 1. The largest absolute Gasteiger partial charge is 0.324 e. The van der Waals surface area contributed by atoms with Crippen LogP contribution in [0.2, 0.25) is 0 Å². The molecule has 0 radical (unpaired) electrons. The fraction of sp³-hybridized carbons (Fsp3) is 0.318. The number of nitrogens with zero attached hydrogens (tertiary/aromatic N) is 4. The van der Waals surface area contributed by atoms with Crippen LogP contribution in [0.5, 0.6) is 0 Å². The van der Waals surface area contributed by atoms with E-state index in [2.05, 4.69) is 39.4 Å². The summed E-state index contributed by atoms with van der Waals surface area (Å²) in [6.45, 7) is 5.33. The number of piperazine rings is 1. The van der Waals surface area contributed by atoms with Crippen molar-refractivity contribution in [1.29, 1.82) is 0 Å². The molecular weight excluding hydrogens is 366 g/mol. The van der Waals surface area contributed by atoms with Crippen LogP contribution >= 0.6 is 0 Å². The minimum absolute atomic E-state index is 0.0455.